The van der Waals surface area contributed by atoms with Gasteiger partial charge in [-0.2, -0.15) is 0 Å². The lowest BCUT2D eigenvalue weighted by atomic mass is 9.94. The van der Waals surface area contributed by atoms with Crippen LogP contribution in [0.2, 0.25) is 0 Å². The summed E-state index contributed by atoms with van der Waals surface area (Å²) in [6, 6.07) is 24.9. The predicted molar refractivity (Wildman–Crippen MR) is 179 cm³/mol. The lowest BCUT2D eigenvalue weighted by Crippen LogP contribution is -2.21. The number of anilines is 1. The van der Waals surface area contributed by atoms with Gasteiger partial charge in [0.2, 0.25) is 0 Å². The number of para-hydroxylation sites is 1. The highest BCUT2D eigenvalue weighted by Gasteiger charge is 2.31. The summed E-state index contributed by atoms with van der Waals surface area (Å²) < 4.78 is 21.3. The molecule has 0 aliphatic rings. The zero-order chi connectivity index (χ0) is 33.1. The minimum atomic E-state index is -1.02. The highest BCUT2D eigenvalue weighted by Crippen LogP contribution is 2.42. The normalized spacial score (nSPS) is 11.8. The number of aromatic nitrogens is 1. The molecule has 0 saturated carbocycles. The molecule has 4 aromatic rings. The van der Waals surface area contributed by atoms with Crippen molar-refractivity contribution in [1.82, 2.24) is 4.57 Å². The van der Waals surface area contributed by atoms with E-state index in [0.29, 0.717) is 28.1 Å². The molecule has 0 saturated heterocycles. The second kappa shape index (κ2) is 16.7. The number of hydrogen-bond donors (Lipinski definition) is 2. The average molecular weight is 627 g/mol. The number of aliphatic hydroxyl groups excluding tert-OH is 1. The Balaban J connectivity index is 1.71. The van der Waals surface area contributed by atoms with Crippen molar-refractivity contribution in [3.8, 4) is 22.4 Å². The van der Waals surface area contributed by atoms with Gasteiger partial charge in [0.1, 0.15) is 18.0 Å². The van der Waals surface area contributed by atoms with Crippen LogP contribution in [0.25, 0.3) is 22.4 Å². The standard InChI is InChI=1S/C38H43FN2O5/c1-4-5-12-23-46-33(44)25-32(43)24-31(42)21-22-41-36(26(2)3)35(38(45)40-30-15-10-7-11-16-30)34(27-13-8-6-9-14-27)37(41)28-17-19-29(39)20-18-28/h6-11,13-20,26,31,42H,4-5,12,21-25H2,1-3H3,(H,40,45)/t31-/m1/s1. The molecule has 7 nitrogen and oxygen atoms in total. The number of rotatable bonds is 16. The number of aliphatic hydroxyl groups is 1. The van der Waals surface area contributed by atoms with Gasteiger partial charge in [-0.05, 0) is 66.3 Å². The smallest absolute Gasteiger partial charge is 0.313 e. The summed E-state index contributed by atoms with van der Waals surface area (Å²) in [4.78, 5) is 38.9. The Morgan fingerprint density at radius 3 is 2.17 bits per heavy atom. The van der Waals surface area contributed by atoms with E-state index in [1.165, 1.54) is 12.1 Å². The number of carbonyl (C=O) groups is 3. The summed E-state index contributed by atoms with van der Waals surface area (Å²) >= 11 is 0. The van der Waals surface area contributed by atoms with Crippen LogP contribution in [-0.2, 0) is 20.9 Å². The van der Waals surface area contributed by atoms with Crippen LogP contribution in [0.15, 0.2) is 84.9 Å². The van der Waals surface area contributed by atoms with E-state index in [1.807, 2.05) is 79.1 Å². The van der Waals surface area contributed by atoms with Crippen LogP contribution in [0, 0.1) is 5.82 Å². The van der Waals surface area contributed by atoms with Crippen LogP contribution in [0.4, 0.5) is 10.1 Å². The maximum Gasteiger partial charge on any atom is 0.313 e. The summed E-state index contributed by atoms with van der Waals surface area (Å²) in [6.07, 6.45) is 1.28. The first-order valence-corrected chi connectivity index (χ1v) is 16.0. The highest BCUT2D eigenvalue weighted by atomic mass is 19.1. The van der Waals surface area contributed by atoms with Crippen LogP contribution in [-0.4, -0.2) is 40.0 Å². The summed E-state index contributed by atoms with van der Waals surface area (Å²) in [7, 11) is 0. The lowest BCUT2D eigenvalue weighted by molar-refractivity contribution is -0.146. The third-order valence-electron chi connectivity index (χ3n) is 7.79. The summed E-state index contributed by atoms with van der Waals surface area (Å²) in [5, 5.41) is 14.0. The number of halogens is 1. The number of ketones is 1. The van der Waals surface area contributed by atoms with Crippen molar-refractivity contribution in [3.05, 3.63) is 102 Å². The van der Waals surface area contributed by atoms with Crippen molar-refractivity contribution in [3.63, 3.8) is 0 Å². The molecule has 0 spiro atoms. The number of benzene rings is 3. The van der Waals surface area contributed by atoms with Gasteiger partial charge in [0.05, 0.1) is 24.0 Å². The number of amides is 1. The van der Waals surface area contributed by atoms with Crippen LogP contribution < -0.4 is 5.32 Å². The molecular formula is C38H43FN2O5. The monoisotopic (exact) mass is 626 g/mol. The van der Waals surface area contributed by atoms with Gasteiger partial charge in [0, 0.05) is 29.9 Å². The number of unbranched alkanes of at least 4 members (excludes halogenated alkanes) is 2. The zero-order valence-electron chi connectivity index (χ0n) is 26.8. The SMILES string of the molecule is CCCCCOC(=O)CC(=O)C[C@H](O)CCn1c(-c2ccc(F)cc2)c(-c2ccccc2)c(C(=O)Nc2ccccc2)c1C(C)C. The average Bonchev–Trinajstić information content (AvgIpc) is 3.39. The van der Waals surface area contributed by atoms with Crippen LogP contribution in [0.1, 0.15) is 81.3 Å². The molecule has 1 aromatic heterocycles. The maximum atomic E-state index is 14.2. The van der Waals surface area contributed by atoms with Crippen molar-refractivity contribution in [2.45, 2.75) is 77.9 Å². The van der Waals surface area contributed by atoms with Crippen molar-refractivity contribution < 1.29 is 28.6 Å². The number of nitrogens with zero attached hydrogens (tertiary/aromatic N) is 1. The Hall–Kier alpha value is -4.56. The van der Waals surface area contributed by atoms with E-state index in [9.17, 15) is 23.9 Å². The van der Waals surface area contributed by atoms with Gasteiger partial charge < -0.3 is 19.7 Å². The van der Waals surface area contributed by atoms with Crippen molar-refractivity contribution >= 4 is 23.3 Å². The molecule has 0 bridgehead atoms. The quantitative estimate of drug-likeness (QED) is 0.0743. The molecule has 46 heavy (non-hydrogen) atoms. The van der Waals surface area contributed by atoms with E-state index < -0.39 is 17.9 Å². The molecule has 3 aromatic carbocycles. The molecule has 1 atom stereocenters. The van der Waals surface area contributed by atoms with Crippen LogP contribution in [0.3, 0.4) is 0 Å². The van der Waals surface area contributed by atoms with Gasteiger partial charge in [0.25, 0.3) is 5.91 Å². The number of hydrogen-bond acceptors (Lipinski definition) is 5. The molecular weight excluding hydrogens is 583 g/mol. The first kappa shape index (κ1) is 34.3. The zero-order valence-corrected chi connectivity index (χ0v) is 26.8. The van der Waals surface area contributed by atoms with Gasteiger partial charge in [-0.15, -0.1) is 0 Å². The number of esters is 1. The second-order valence-electron chi connectivity index (χ2n) is 11.8. The fraction of sp³-hybridized carbons (Fsp3) is 0.342. The van der Waals surface area contributed by atoms with E-state index in [-0.39, 0.29) is 50.1 Å². The molecule has 0 radical (unpaired) electrons. The molecule has 0 aliphatic carbocycles. The summed E-state index contributed by atoms with van der Waals surface area (Å²) in [6.45, 7) is 6.61. The van der Waals surface area contributed by atoms with E-state index >= 15 is 0 Å². The molecule has 1 heterocycles. The largest absolute Gasteiger partial charge is 0.465 e. The second-order valence-corrected chi connectivity index (χ2v) is 11.8. The Labute approximate surface area is 270 Å². The Morgan fingerprint density at radius 2 is 1.54 bits per heavy atom. The predicted octanol–water partition coefficient (Wildman–Crippen LogP) is 8.17. The van der Waals surface area contributed by atoms with Gasteiger partial charge in [-0.25, -0.2) is 4.39 Å². The molecule has 0 aliphatic heterocycles. The first-order valence-electron chi connectivity index (χ1n) is 16.0. The fourth-order valence-electron chi connectivity index (χ4n) is 5.67. The molecule has 0 unspecified atom stereocenters. The van der Waals surface area contributed by atoms with Gasteiger partial charge in [-0.1, -0.05) is 82.1 Å². The van der Waals surface area contributed by atoms with Crippen molar-refractivity contribution in [2.75, 3.05) is 11.9 Å². The first-order chi connectivity index (χ1) is 22.2. The minimum Gasteiger partial charge on any atom is -0.465 e. The van der Waals surface area contributed by atoms with Crippen LogP contribution in [0.5, 0.6) is 0 Å². The lowest BCUT2D eigenvalue weighted by Gasteiger charge is -2.19. The van der Waals surface area contributed by atoms with Gasteiger partial charge in [-0.3, -0.25) is 14.4 Å². The minimum absolute atomic E-state index is 0.116. The topological polar surface area (TPSA) is 97.6 Å². The fourth-order valence-corrected chi connectivity index (χ4v) is 5.67. The molecule has 2 N–H and O–H groups in total. The van der Waals surface area contributed by atoms with E-state index in [0.717, 1.165) is 30.5 Å². The molecule has 0 fully saturated rings. The number of Topliss-reactive ketones (excluding diaryl/α,β-unsaturated/α-hetero) is 1. The van der Waals surface area contributed by atoms with E-state index in [4.69, 9.17) is 4.74 Å². The van der Waals surface area contributed by atoms with Crippen molar-refractivity contribution in [1.29, 1.82) is 0 Å². The third kappa shape index (κ3) is 9.01. The number of nitrogens with one attached hydrogen (secondary N) is 1. The summed E-state index contributed by atoms with van der Waals surface area (Å²) in [5.41, 5.74) is 4.81. The van der Waals surface area contributed by atoms with Gasteiger partial charge in [0.15, 0.2) is 0 Å². The molecule has 242 valence electrons. The molecule has 1 amide bonds. The highest BCUT2D eigenvalue weighted by molar-refractivity contribution is 6.12. The van der Waals surface area contributed by atoms with Gasteiger partial charge >= 0.3 is 5.97 Å². The Morgan fingerprint density at radius 1 is 0.891 bits per heavy atom. The Bertz CT molecular complexity index is 1600. The maximum absolute atomic E-state index is 14.2. The molecule has 4 rings (SSSR count). The number of ether oxygens (including phenoxy) is 1. The third-order valence-corrected chi connectivity index (χ3v) is 7.79. The van der Waals surface area contributed by atoms with Crippen LogP contribution >= 0.6 is 0 Å². The number of carbonyl (C=O) groups excluding carboxylic acids is 3. The summed E-state index contributed by atoms with van der Waals surface area (Å²) in [5.74, 6) is -1.76. The Kier molecular flexibility index (Phi) is 12.4. The molecule has 8 heteroatoms. The van der Waals surface area contributed by atoms with E-state index in [1.54, 1.807) is 12.1 Å². The van der Waals surface area contributed by atoms with E-state index in [2.05, 4.69) is 12.2 Å². The van der Waals surface area contributed by atoms with Crippen molar-refractivity contribution in [2.24, 2.45) is 0 Å².